The normalized spacial score (nSPS) is 22.0. The molecule has 1 aliphatic heterocycles. The Morgan fingerprint density at radius 1 is 1.54 bits per heavy atom. The highest BCUT2D eigenvalue weighted by Crippen LogP contribution is 2.21. The van der Waals surface area contributed by atoms with E-state index in [1.54, 1.807) is 11.8 Å². The van der Waals surface area contributed by atoms with Crippen LogP contribution in [-0.2, 0) is 4.74 Å². The van der Waals surface area contributed by atoms with Crippen molar-refractivity contribution >= 4 is 11.8 Å². The molecule has 0 aliphatic carbocycles. The Labute approximate surface area is 82.7 Å². The van der Waals surface area contributed by atoms with Crippen LogP contribution in [0.4, 0.5) is 0 Å². The minimum atomic E-state index is 0.451. The van der Waals surface area contributed by atoms with E-state index in [1.165, 1.54) is 12.8 Å². The van der Waals surface area contributed by atoms with Crippen LogP contribution >= 0.6 is 11.8 Å². The van der Waals surface area contributed by atoms with Gasteiger partial charge in [0, 0.05) is 18.6 Å². The number of ether oxygens (including phenoxy) is 1. The fourth-order valence-corrected chi connectivity index (χ4v) is 2.32. The number of pyridine rings is 1. The van der Waals surface area contributed by atoms with Gasteiger partial charge in [0.05, 0.1) is 11.1 Å². The number of rotatable bonds is 3. The number of hydrogen-bond donors (Lipinski definition) is 0. The summed E-state index contributed by atoms with van der Waals surface area (Å²) in [5, 5.41) is 1.10. The SMILES string of the molecule is c1ccc(SC[C@@H]2CCCO2)nc1. The van der Waals surface area contributed by atoms with Gasteiger partial charge in [-0.25, -0.2) is 4.98 Å². The molecule has 3 heteroatoms. The van der Waals surface area contributed by atoms with Crippen LogP contribution in [0.2, 0.25) is 0 Å². The molecule has 2 nitrogen and oxygen atoms in total. The van der Waals surface area contributed by atoms with Crippen LogP contribution in [0.5, 0.6) is 0 Å². The molecule has 1 fully saturated rings. The summed E-state index contributed by atoms with van der Waals surface area (Å²) in [5.41, 5.74) is 0. The lowest BCUT2D eigenvalue weighted by Gasteiger charge is -2.07. The van der Waals surface area contributed by atoms with Gasteiger partial charge in [0.1, 0.15) is 0 Å². The molecular formula is C10H13NOS. The zero-order valence-electron chi connectivity index (χ0n) is 7.48. The molecular weight excluding hydrogens is 182 g/mol. The maximum atomic E-state index is 5.53. The first-order chi connectivity index (χ1) is 6.45. The number of thioether (sulfide) groups is 1. The maximum Gasteiger partial charge on any atom is 0.0960 e. The Hall–Kier alpha value is -0.540. The van der Waals surface area contributed by atoms with E-state index in [4.69, 9.17) is 4.74 Å². The smallest absolute Gasteiger partial charge is 0.0960 e. The number of hydrogen-bond acceptors (Lipinski definition) is 3. The summed E-state index contributed by atoms with van der Waals surface area (Å²) in [7, 11) is 0. The summed E-state index contributed by atoms with van der Waals surface area (Å²) in [6.07, 6.45) is 4.71. The topological polar surface area (TPSA) is 22.1 Å². The lowest BCUT2D eigenvalue weighted by Crippen LogP contribution is -2.07. The Bertz CT molecular complexity index is 246. The van der Waals surface area contributed by atoms with Gasteiger partial charge in [-0.3, -0.25) is 0 Å². The van der Waals surface area contributed by atoms with Crippen molar-refractivity contribution in [3.63, 3.8) is 0 Å². The van der Waals surface area contributed by atoms with Gasteiger partial charge in [-0.1, -0.05) is 6.07 Å². The maximum absolute atomic E-state index is 5.53. The highest BCUT2D eigenvalue weighted by atomic mass is 32.2. The molecule has 1 aromatic heterocycles. The molecule has 2 heterocycles. The molecule has 0 spiro atoms. The third-order valence-corrected chi connectivity index (χ3v) is 3.15. The first-order valence-corrected chi connectivity index (χ1v) is 5.59. The quantitative estimate of drug-likeness (QED) is 0.691. The standard InChI is InChI=1S/C10H13NOS/c1-2-6-11-10(5-1)13-8-9-4-3-7-12-9/h1-2,5-6,9H,3-4,7-8H2/t9-/m0/s1. The highest BCUT2D eigenvalue weighted by Gasteiger charge is 2.15. The molecule has 0 aromatic carbocycles. The molecule has 0 unspecified atom stereocenters. The van der Waals surface area contributed by atoms with E-state index >= 15 is 0 Å². The average Bonchev–Trinajstić information content (AvgIpc) is 2.69. The fraction of sp³-hybridized carbons (Fsp3) is 0.500. The van der Waals surface area contributed by atoms with Crippen LogP contribution in [0.25, 0.3) is 0 Å². The van der Waals surface area contributed by atoms with E-state index in [2.05, 4.69) is 4.98 Å². The largest absolute Gasteiger partial charge is 0.377 e. The Morgan fingerprint density at radius 2 is 2.54 bits per heavy atom. The summed E-state index contributed by atoms with van der Waals surface area (Å²) in [4.78, 5) is 4.25. The van der Waals surface area contributed by atoms with E-state index in [1.807, 2.05) is 24.4 Å². The van der Waals surface area contributed by atoms with Gasteiger partial charge in [0.25, 0.3) is 0 Å². The minimum Gasteiger partial charge on any atom is -0.377 e. The molecule has 2 rings (SSSR count). The second kappa shape index (κ2) is 4.63. The third kappa shape index (κ3) is 2.71. The molecule has 0 bridgehead atoms. The van der Waals surface area contributed by atoms with Crippen molar-refractivity contribution in [2.45, 2.75) is 24.0 Å². The molecule has 0 radical (unpaired) electrons. The summed E-state index contributed by atoms with van der Waals surface area (Å²) < 4.78 is 5.53. The predicted octanol–water partition coefficient (Wildman–Crippen LogP) is 2.35. The van der Waals surface area contributed by atoms with Gasteiger partial charge < -0.3 is 4.74 Å². The van der Waals surface area contributed by atoms with E-state index in [-0.39, 0.29) is 0 Å². The van der Waals surface area contributed by atoms with E-state index in [0.717, 1.165) is 17.4 Å². The fourth-order valence-electron chi connectivity index (χ4n) is 1.39. The van der Waals surface area contributed by atoms with E-state index in [9.17, 15) is 0 Å². The van der Waals surface area contributed by atoms with E-state index in [0.29, 0.717) is 6.10 Å². The molecule has 70 valence electrons. The van der Waals surface area contributed by atoms with E-state index < -0.39 is 0 Å². The third-order valence-electron chi connectivity index (χ3n) is 2.08. The molecule has 0 amide bonds. The average molecular weight is 195 g/mol. The Balaban J connectivity index is 1.79. The second-order valence-electron chi connectivity index (χ2n) is 3.11. The first kappa shape index (κ1) is 9.03. The molecule has 0 saturated carbocycles. The van der Waals surface area contributed by atoms with Crippen molar-refractivity contribution in [1.29, 1.82) is 0 Å². The van der Waals surface area contributed by atoms with Crippen LogP contribution in [-0.4, -0.2) is 23.4 Å². The first-order valence-electron chi connectivity index (χ1n) is 4.60. The molecule has 1 aliphatic rings. The lowest BCUT2D eigenvalue weighted by atomic mass is 10.3. The van der Waals surface area contributed by atoms with Crippen molar-refractivity contribution < 1.29 is 4.74 Å². The number of nitrogens with zero attached hydrogens (tertiary/aromatic N) is 1. The van der Waals surface area contributed by atoms with Crippen molar-refractivity contribution in [1.82, 2.24) is 4.98 Å². The van der Waals surface area contributed by atoms with Crippen molar-refractivity contribution in [2.75, 3.05) is 12.4 Å². The van der Waals surface area contributed by atoms with Crippen LogP contribution in [0, 0.1) is 0 Å². The van der Waals surface area contributed by atoms with Gasteiger partial charge in [-0.15, -0.1) is 11.8 Å². The summed E-state index contributed by atoms with van der Waals surface area (Å²) in [6, 6.07) is 6.00. The van der Waals surface area contributed by atoms with Gasteiger partial charge in [-0.05, 0) is 25.0 Å². The van der Waals surface area contributed by atoms with Crippen LogP contribution < -0.4 is 0 Å². The zero-order valence-corrected chi connectivity index (χ0v) is 8.30. The molecule has 1 saturated heterocycles. The molecule has 0 N–H and O–H groups in total. The Morgan fingerprint density at radius 3 is 3.23 bits per heavy atom. The molecule has 13 heavy (non-hydrogen) atoms. The van der Waals surface area contributed by atoms with Crippen LogP contribution in [0.3, 0.4) is 0 Å². The lowest BCUT2D eigenvalue weighted by molar-refractivity contribution is 0.129. The minimum absolute atomic E-state index is 0.451. The number of aromatic nitrogens is 1. The monoisotopic (exact) mass is 195 g/mol. The summed E-state index contributed by atoms with van der Waals surface area (Å²) >= 11 is 1.78. The van der Waals surface area contributed by atoms with Gasteiger partial charge in [-0.2, -0.15) is 0 Å². The second-order valence-corrected chi connectivity index (χ2v) is 4.15. The molecule has 1 atom stereocenters. The van der Waals surface area contributed by atoms with Crippen molar-refractivity contribution in [3.05, 3.63) is 24.4 Å². The van der Waals surface area contributed by atoms with Gasteiger partial charge >= 0.3 is 0 Å². The zero-order chi connectivity index (χ0) is 8.93. The highest BCUT2D eigenvalue weighted by molar-refractivity contribution is 7.99. The van der Waals surface area contributed by atoms with Gasteiger partial charge in [0.2, 0.25) is 0 Å². The summed E-state index contributed by atoms with van der Waals surface area (Å²) in [5.74, 6) is 1.04. The molecule has 1 aromatic rings. The Kier molecular flexibility index (Phi) is 3.22. The summed E-state index contributed by atoms with van der Waals surface area (Å²) in [6.45, 7) is 0.938. The predicted molar refractivity (Wildman–Crippen MR) is 53.9 cm³/mol. The van der Waals surface area contributed by atoms with Crippen molar-refractivity contribution in [3.8, 4) is 0 Å². The van der Waals surface area contributed by atoms with Crippen LogP contribution in [0.1, 0.15) is 12.8 Å². The van der Waals surface area contributed by atoms with Crippen LogP contribution in [0.15, 0.2) is 29.4 Å². The van der Waals surface area contributed by atoms with Gasteiger partial charge in [0.15, 0.2) is 0 Å². The van der Waals surface area contributed by atoms with Crippen molar-refractivity contribution in [2.24, 2.45) is 0 Å².